The summed E-state index contributed by atoms with van der Waals surface area (Å²) < 4.78 is 6.31. The van der Waals surface area contributed by atoms with Crippen LogP contribution in [0.25, 0.3) is 0 Å². The molecule has 1 spiro atoms. The van der Waals surface area contributed by atoms with Crippen LogP contribution in [0.4, 0.5) is 5.69 Å². The zero-order valence-electron chi connectivity index (χ0n) is 16.8. The number of aromatic carboxylic acids is 1. The van der Waals surface area contributed by atoms with E-state index in [1.807, 2.05) is 6.07 Å². The number of ether oxygens (including phenoxy) is 1. The van der Waals surface area contributed by atoms with E-state index in [0.29, 0.717) is 18.4 Å². The smallest absolute Gasteiger partial charge is 0.335 e. The van der Waals surface area contributed by atoms with Crippen molar-refractivity contribution in [3.8, 4) is 5.75 Å². The van der Waals surface area contributed by atoms with Gasteiger partial charge >= 0.3 is 5.97 Å². The Hall–Kier alpha value is -2.24. The molecule has 0 saturated heterocycles. The van der Waals surface area contributed by atoms with Crippen molar-refractivity contribution in [3.05, 3.63) is 58.1 Å². The van der Waals surface area contributed by atoms with Crippen LogP contribution in [0.15, 0.2) is 36.4 Å². The number of halogens is 1. The Morgan fingerprint density at radius 2 is 2.03 bits per heavy atom. The van der Waals surface area contributed by atoms with E-state index in [1.165, 1.54) is 11.1 Å². The highest BCUT2D eigenvalue weighted by Gasteiger charge is 2.44. The Kier molecular flexibility index (Phi) is 4.91. The van der Waals surface area contributed by atoms with Gasteiger partial charge in [0.05, 0.1) is 17.9 Å². The van der Waals surface area contributed by atoms with Gasteiger partial charge in [-0.3, -0.25) is 0 Å². The third-order valence-electron chi connectivity index (χ3n) is 7.32. The second-order valence-corrected chi connectivity index (χ2v) is 9.46. The molecule has 1 heterocycles. The Labute approximate surface area is 181 Å². The normalized spacial score (nSPS) is 27.1. The summed E-state index contributed by atoms with van der Waals surface area (Å²) in [6.45, 7) is 2.34. The molecule has 6 heteroatoms. The van der Waals surface area contributed by atoms with Crippen LogP contribution < -0.4 is 9.64 Å². The van der Waals surface area contributed by atoms with Gasteiger partial charge in [-0.05, 0) is 79.0 Å². The number of aliphatic hydroxyl groups excluding tert-OH is 1. The van der Waals surface area contributed by atoms with E-state index in [1.54, 1.807) is 18.2 Å². The highest BCUT2D eigenvalue weighted by molar-refractivity contribution is 6.30. The summed E-state index contributed by atoms with van der Waals surface area (Å²) in [6.07, 6.45) is 4.09. The van der Waals surface area contributed by atoms with E-state index in [-0.39, 0.29) is 17.6 Å². The average molecular weight is 428 g/mol. The van der Waals surface area contributed by atoms with E-state index in [0.717, 1.165) is 55.2 Å². The molecule has 0 amide bonds. The summed E-state index contributed by atoms with van der Waals surface area (Å²) in [7, 11) is 0. The predicted octanol–water partition coefficient (Wildman–Crippen LogP) is 4.14. The molecule has 1 unspecified atom stereocenters. The van der Waals surface area contributed by atoms with Crippen molar-refractivity contribution in [2.75, 3.05) is 31.2 Å². The van der Waals surface area contributed by atoms with Crippen LogP contribution in [0.2, 0.25) is 5.02 Å². The van der Waals surface area contributed by atoms with Gasteiger partial charge in [0.15, 0.2) is 0 Å². The van der Waals surface area contributed by atoms with Crippen molar-refractivity contribution >= 4 is 23.3 Å². The Bertz CT molecular complexity index is 991. The third-order valence-corrected chi connectivity index (χ3v) is 7.56. The molecule has 0 aromatic heterocycles. The minimum atomic E-state index is -0.936. The predicted molar refractivity (Wildman–Crippen MR) is 116 cm³/mol. The van der Waals surface area contributed by atoms with Crippen molar-refractivity contribution in [1.82, 2.24) is 0 Å². The van der Waals surface area contributed by atoms with Gasteiger partial charge in [-0.1, -0.05) is 17.7 Å². The summed E-state index contributed by atoms with van der Waals surface area (Å²) in [4.78, 5) is 13.9. The molecule has 0 radical (unpaired) electrons. The van der Waals surface area contributed by atoms with Gasteiger partial charge in [-0.15, -0.1) is 0 Å². The molecule has 2 aliphatic carbocycles. The van der Waals surface area contributed by atoms with E-state index in [4.69, 9.17) is 16.3 Å². The second-order valence-electron chi connectivity index (χ2n) is 9.02. The number of rotatable bonds is 4. The van der Waals surface area contributed by atoms with Gasteiger partial charge in [-0.25, -0.2) is 4.79 Å². The SMILES string of the molecule is O=C(O)c1ccc2c(c1)N(C[C@@H]1CC[C@H]1CO)CC1(CCc3cc(Cl)ccc31)CO2. The summed E-state index contributed by atoms with van der Waals surface area (Å²) in [5.41, 5.74) is 3.53. The third kappa shape index (κ3) is 3.25. The number of aliphatic hydroxyl groups is 1. The van der Waals surface area contributed by atoms with Crippen molar-refractivity contribution in [3.63, 3.8) is 0 Å². The Morgan fingerprint density at radius 1 is 1.20 bits per heavy atom. The number of aryl methyl sites for hydroxylation is 1. The fourth-order valence-electron chi connectivity index (χ4n) is 5.41. The monoisotopic (exact) mass is 427 g/mol. The lowest BCUT2D eigenvalue weighted by Gasteiger charge is -2.41. The molecule has 5 nitrogen and oxygen atoms in total. The van der Waals surface area contributed by atoms with Crippen LogP contribution in [0.5, 0.6) is 5.75 Å². The molecule has 0 bridgehead atoms. The van der Waals surface area contributed by atoms with Crippen molar-refractivity contribution in [1.29, 1.82) is 0 Å². The standard InChI is InChI=1S/C24H26ClNO4/c25-19-4-5-20-15(9-19)7-8-24(20)13-26(11-17-1-2-18(17)12-27)21-10-16(23(28)29)3-6-22(21)30-14-24/h3-6,9-10,17-18,27H,1-2,7-8,11-14H2,(H,28,29)/t17-,18-,24?/m0/s1. The molecular formula is C24H26ClNO4. The zero-order valence-corrected chi connectivity index (χ0v) is 17.6. The molecule has 30 heavy (non-hydrogen) atoms. The molecule has 2 aromatic carbocycles. The number of hydrogen-bond donors (Lipinski definition) is 2. The lowest BCUT2D eigenvalue weighted by molar-refractivity contribution is 0.0697. The summed E-state index contributed by atoms with van der Waals surface area (Å²) in [5.74, 6) is 0.539. The molecule has 158 valence electrons. The minimum absolute atomic E-state index is 0.152. The van der Waals surface area contributed by atoms with Crippen LogP contribution in [0.3, 0.4) is 0 Å². The number of carboxylic acids is 1. The van der Waals surface area contributed by atoms with Crippen LogP contribution in [0.1, 0.15) is 40.7 Å². The first kappa shape index (κ1) is 19.7. The number of carboxylic acid groups (broad SMARTS) is 1. The fraction of sp³-hybridized carbons (Fsp3) is 0.458. The quantitative estimate of drug-likeness (QED) is 0.767. The average Bonchev–Trinajstić information content (AvgIpc) is 2.97. The maximum atomic E-state index is 11.6. The lowest BCUT2D eigenvalue weighted by atomic mass is 9.73. The largest absolute Gasteiger partial charge is 0.490 e. The highest BCUT2D eigenvalue weighted by Crippen LogP contribution is 2.46. The number of nitrogens with zero attached hydrogens (tertiary/aromatic N) is 1. The topological polar surface area (TPSA) is 70.0 Å². The molecule has 5 rings (SSSR count). The number of carbonyl (C=O) groups is 1. The zero-order chi connectivity index (χ0) is 20.9. The minimum Gasteiger partial charge on any atom is -0.490 e. The first-order chi connectivity index (χ1) is 14.5. The lowest BCUT2D eigenvalue weighted by Crippen LogP contribution is -2.46. The molecular weight excluding hydrogens is 402 g/mol. The number of hydrogen-bond acceptors (Lipinski definition) is 4. The van der Waals surface area contributed by atoms with Crippen LogP contribution >= 0.6 is 11.6 Å². The first-order valence-electron chi connectivity index (χ1n) is 10.6. The van der Waals surface area contributed by atoms with Crippen molar-refractivity contribution in [2.45, 2.75) is 31.1 Å². The molecule has 1 fully saturated rings. The van der Waals surface area contributed by atoms with Gasteiger partial charge in [0.25, 0.3) is 0 Å². The number of fused-ring (bicyclic) bond motifs is 3. The van der Waals surface area contributed by atoms with E-state index >= 15 is 0 Å². The molecule has 2 N–H and O–H groups in total. The maximum Gasteiger partial charge on any atom is 0.335 e. The van der Waals surface area contributed by atoms with E-state index in [9.17, 15) is 15.0 Å². The maximum absolute atomic E-state index is 11.6. The van der Waals surface area contributed by atoms with Crippen LogP contribution in [-0.2, 0) is 11.8 Å². The molecule has 2 aromatic rings. The summed E-state index contributed by atoms with van der Waals surface area (Å²) in [6, 6.07) is 11.3. The Balaban J connectivity index is 1.54. The van der Waals surface area contributed by atoms with Crippen LogP contribution in [-0.4, -0.2) is 42.5 Å². The van der Waals surface area contributed by atoms with Gasteiger partial charge in [0.1, 0.15) is 5.75 Å². The Morgan fingerprint density at radius 3 is 2.77 bits per heavy atom. The van der Waals surface area contributed by atoms with E-state index < -0.39 is 5.97 Å². The van der Waals surface area contributed by atoms with Crippen molar-refractivity contribution in [2.24, 2.45) is 11.8 Å². The fourth-order valence-corrected chi connectivity index (χ4v) is 5.60. The first-order valence-corrected chi connectivity index (χ1v) is 11.0. The molecule has 3 aliphatic rings. The van der Waals surface area contributed by atoms with E-state index in [2.05, 4.69) is 17.0 Å². The van der Waals surface area contributed by atoms with Crippen molar-refractivity contribution < 1.29 is 19.7 Å². The van der Waals surface area contributed by atoms with Gasteiger partial charge in [0, 0.05) is 30.1 Å². The van der Waals surface area contributed by atoms with Gasteiger partial charge < -0.3 is 19.8 Å². The van der Waals surface area contributed by atoms with Gasteiger partial charge in [0.2, 0.25) is 0 Å². The summed E-state index contributed by atoms with van der Waals surface area (Å²) in [5, 5.41) is 20.0. The van der Waals surface area contributed by atoms with Crippen LogP contribution in [0, 0.1) is 11.8 Å². The number of benzene rings is 2. The summed E-state index contributed by atoms with van der Waals surface area (Å²) >= 11 is 6.24. The van der Waals surface area contributed by atoms with Gasteiger partial charge in [-0.2, -0.15) is 0 Å². The number of anilines is 1. The second kappa shape index (κ2) is 7.47. The molecule has 3 atom stereocenters. The molecule has 1 aliphatic heterocycles. The molecule has 1 saturated carbocycles. The highest BCUT2D eigenvalue weighted by atomic mass is 35.5.